The molecule has 1 heteroatoms. The van der Waals surface area contributed by atoms with E-state index in [9.17, 15) is 0 Å². The molecule has 0 spiro atoms. The first-order valence-corrected chi connectivity index (χ1v) is 15.9. The summed E-state index contributed by atoms with van der Waals surface area (Å²) in [6.45, 7) is 4.60. The van der Waals surface area contributed by atoms with Crippen LogP contribution < -0.4 is 4.90 Å². The van der Waals surface area contributed by atoms with E-state index in [1.807, 2.05) is 36.4 Å². The number of fused-ring (bicyclic) bond motifs is 4. The number of rotatable bonds is 6. The van der Waals surface area contributed by atoms with E-state index in [-0.39, 0.29) is 17.5 Å². The maximum absolute atomic E-state index is 8.96. The molecule has 8 rings (SSSR count). The molecule has 0 unspecified atom stereocenters. The van der Waals surface area contributed by atoms with Gasteiger partial charge in [0.2, 0.25) is 0 Å². The van der Waals surface area contributed by atoms with Crippen molar-refractivity contribution in [1.29, 1.82) is 0 Å². The molecule has 1 nitrogen and oxygen atoms in total. The normalized spacial score (nSPS) is 14.1. The van der Waals surface area contributed by atoms with Crippen LogP contribution in [-0.2, 0) is 5.41 Å². The van der Waals surface area contributed by atoms with Crippen LogP contribution >= 0.6 is 0 Å². The van der Waals surface area contributed by atoms with Gasteiger partial charge in [-0.2, -0.15) is 0 Å². The average molecular weight is 592 g/mol. The van der Waals surface area contributed by atoms with Crippen molar-refractivity contribution in [2.75, 3.05) is 4.90 Å². The van der Waals surface area contributed by atoms with Crippen molar-refractivity contribution in [3.05, 3.63) is 186 Å². The lowest BCUT2D eigenvalue weighted by Crippen LogP contribution is -2.14. The molecule has 0 aliphatic heterocycles. The minimum Gasteiger partial charge on any atom is -0.310 e. The van der Waals surface area contributed by atoms with E-state index in [2.05, 4.69) is 146 Å². The third-order valence-corrected chi connectivity index (χ3v) is 9.26. The van der Waals surface area contributed by atoms with Gasteiger partial charge >= 0.3 is 0 Å². The van der Waals surface area contributed by atoms with Crippen molar-refractivity contribution < 1.29 is 2.74 Å². The van der Waals surface area contributed by atoms with E-state index in [0.717, 1.165) is 50.1 Å². The highest BCUT2D eigenvalue weighted by atomic mass is 15.1. The Kier molecular flexibility index (Phi) is 6.33. The number of hydrogen-bond donors (Lipinski definition) is 0. The number of hydrogen-bond acceptors (Lipinski definition) is 1. The molecule has 7 aromatic rings. The Balaban J connectivity index is 1.08. The zero-order valence-electron chi connectivity index (χ0n) is 28.0. The van der Waals surface area contributed by atoms with Gasteiger partial charge in [0.05, 0.1) is 2.74 Å². The summed E-state index contributed by atoms with van der Waals surface area (Å²) in [5.41, 5.74) is 12.3. The molecule has 220 valence electrons. The van der Waals surface area contributed by atoms with Gasteiger partial charge in [0.15, 0.2) is 0 Å². The van der Waals surface area contributed by atoms with Crippen LogP contribution in [-0.4, -0.2) is 0 Å². The number of anilines is 3. The summed E-state index contributed by atoms with van der Waals surface area (Å²) in [6.07, 6.45) is 0. The molecule has 0 radical (unpaired) electrons. The molecule has 46 heavy (non-hydrogen) atoms. The maximum Gasteiger partial charge on any atom is 0.0629 e. The minimum atomic E-state index is -0.0519. The zero-order chi connectivity index (χ0) is 32.8. The SMILES string of the molecule is [2H]/C(=C(/[2H])c1ccc2cc(N(c3ccccc3)c3ccccc3)ccc2c1)c1ccc(-c2ccc3c(c2)C(C)(C)c2ccccc2-3)cc1. The van der Waals surface area contributed by atoms with Crippen LogP contribution in [0.2, 0.25) is 0 Å². The van der Waals surface area contributed by atoms with Crippen LogP contribution in [0.3, 0.4) is 0 Å². The smallest absolute Gasteiger partial charge is 0.0629 e. The first kappa shape index (κ1) is 25.6. The number of para-hydroxylation sites is 2. The highest BCUT2D eigenvalue weighted by molar-refractivity contribution is 5.91. The summed E-state index contributed by atoms with van der Waals surface area (Å²) in [7, 11) is 0. The van der Waals surface area contributed by atoms with Crippen molar-refractivity contribution in [2.45, 2.75) is 19.3 Å². The average Bonchev–Trinajstić information content (AvgIpc) is 3.37. The Hall–Kier alpha value is -5.66. The largest absolute Gasteiger partial charge is 0.310 e. The number of nitrogens with zero attached hydrogens (tertiary/aromatic N) is 1. The monoisotopic (exact) mass is 591 g/mol. The van der Waals surface area contributed by atoms with E-state index in [1.54, 1.807) is 0 Å². The first-order valence-electron chi connectivity index (χ1n) is 16.9. The van der Waals surface area contributed by atoms with E-state index in [1.165, 1.54) is 22.3 Å². The highest BCUT2D eigenvalue weighted by Crippen LogP contribution is 2.49. The molecule has 0 fully saturated rings. The van der Waals surface area contributed by atoms with Crippen LogP contribution in [0, 0.1) is 0 Å². The van der Waals surface area contributed by atoms with Crippen molar-refractivity contribution in [1.82, 2.24) is 0 Å². The molecule has 0 saturated heterocycles. The zero-order valence-corrected chi connectivity index (χ0v) is 26.0. The van der Waals surface area contributed by atoms with Gasteiger partial charge in [0.1, 0.15) is 0 Å². The summed E-state index contributed by atoms with van der Waals surface area (Å²) in [4.78, 5) is 2.25. The summed E-state index contributed by atoms with van der Waals surface area (Å²) in [5.74, 6) is 0. The van der Waals surface area contributed by atoms with Crippen LogP contribution in [0.1, 0.15) is 38.8 Å². The second-order valence-electron chi connectivity index (χ2n) is 12.5. The predicted molar refractivity (Wildman–Crippen MR) is 197 cm³/mol. The molecule has 1 aliphatic rings. The second kappa shape index (κ2) is 11.4. The van der Waals surface area contributed by atoms with Gasteiger partial charge in [-0.3, -0.25) is 0 Å². The van der Waals surface area contributed by atoms with Gasteiger partial charge < -0.3 is 4.90 Å². The Labute approximate surface area is 274 Å². The Bertz CT molecular complexity index is 2280. The molecule has 7 aromatic carbocycles. The first-order chi connectivity index (χ1) is 23.4. The summed E-state index contributed by atoms with van der Waals surface area (Å²) >= 11 is 0. The topological polar surface area (TPSA) is 3.24 Å². The molecule has 1 aliphatic carbocycles. The van der Waals surface area contributed by atoms with Gasteiger partial charge in [-0.15, -0.1) is 0 Å². The molecular formula is C45H35N. The molecule has 0 N–H and O–H groups in total. The lowest BCUT2D eigenvalue weighted by atomic mass is 9.81. The summed E-state index contributed by atoms with van der Waals surface area (Å²) in [5, 5.41) is 2.12. The van der Waals surface area contributed by atoms with Gasteiger partial charge in [-0.25, -0.2) is 0 Å². The third kappa shape index (κ3) is 5.01. The standard InChI is InChI=1S/C45H35N/c1-45(2)43-16-10-9-15-41(43)42-28-26-37(31-44(42)45)34-22-19-32(20-23-34)17-18-33-21-24-36-30-40(27-25-35(36)29-33)46(38-11-5-3-6-12-38)39-13-7-4-8-14-39/h3-31H,1-2H3/b18-17+/i17D,18D. The fraction of sp³-hybridized carbons (Fsp3) is 0.0667. The van der Waals surface area contributed by atoms with Crippen LogP contribution in [0.4, 0.5) is 17.1 Å². The van der Waals surface area contributed by atoms with Crippen molar-refractivity contribution in [2.24, 2.45) is 0 Å². The van der Waals surface area contributed by atoms with Gasteiger partial charge in [-0.1, -0.05) is 141 Å². The minimum absolute atomic E-state index is 0.0519. The Morgan fingerprint density at radius 3 is 1.76 bits per heavy atom. The third-order valence-electron chi connectivity index (χ3n) is 9.26. The maximum atomic E-state index is 8.96. The predicted octanol–water partition coefficient (Wildman–Crippen LogP) is 12.5. The molecule has 0 amide bonds. The van der Waals surface area contributed by atoms with E-state index in [0.29, 0.717) is 0 Å². The Morgan fingerprint density at radius 1 is 0.457 bits per heavy atom. The van der Waals surface area contributed by atoms with Gasteiger partial charge in [0, 0.05) is 22.5 Å². The molecule has 0 heterocycles. The van der Waals surface area contributed by atoms with Crippen LogP contribution in [0.25, 0.3) is 45.1 Å². The number of benzene rings is 7. The van der Waals surface area contributed by atoms with Crippen LogP contribution in [0.5, 0.6) is 0 Å². The summed E-state index contributed by atoms with van der Waals surface area (Å²) in [6, 6.07) is 57.1. The van der Waals surface area contributed by atoms with Gasteiger partial charge in [-0.05, 0) is 104 Å². The van der Waals surface area contributed by atoms with E-state index in [4.69, 9.17) is 2.74 Å². The highest BCUT2D eigenvalue weighted by Gasteiger charge is 2.35. The van der Waals surface area contributed by atoms with Crippen molar-refractivity contribution in [3.8, 4) is 22.3 Å². The fourth-order valence-corrected chi connectivity index (χ4v) is 6.83. The lowest BCUT2D eigenvalue weighted by Gasteiger charge is -2.25. The molecular weight excluding hydrogens is 555 g/mol. The Morgan fingerprint density at radius 2 is 1.02 bits per heavy atom. The molecule has 0 atom stereocenters. The quantitative estimate of drug-likeness (QED) is 0.174. The fourth-order valence-electron chi connectivity index (χ4n) is 6.83. The molecule has 0 saturated carbocycles. The molecule has 0 aromatic heterocycles. The lowest BCUT2D eigenvalue weighted by molar-refractivity contribution is 0.660. The second-order valence-corrected chi connectivity index (χ2v) is 12.5. The summed E-state index contributed by atoms with van der Waals surface area (Å²) < 4.78 is 17.9. The van der Waals surface area contributed by atoms with E-state index < -0.39 is 0 Å². The van der Waals surface area contributed by atoms with Gasteiger partial charge in [0.25, 0.3) is 0 Å². The molecule has 0 bridgehead atoms. The van der Waals surface area contributed by atoms with Crippen molar-refractivity contribution >= 4 is 39.9 Å². The van der Waals surface area contributed by atoms with Crippen molar-refractivity contribution in [3.63, 3.8) is 0 Å². The van der Waals surface area contributed by atoms with E-state index >= 15 is 0 Å². The van der Waals surface area contributed by atoms with Crippen LogP contribution in [0.15, 0.2) is 164 Å².